The fourth-order valence-electron chi connectivity index (χ4n) is 0.592. The average Bonchev–Trinajstić information content (AvgIpc) is 1.97. The molecule has 0 rings (SSSR count). The minimum atomic E-state index is -0.736. The lowest BCUT2D eigenvalue weighted by Gasteiger charge is -1.97. The van der Waals surface area contributed by atoms with Crippen LogP contribution in [0.25, 0.3) is 0 Å². The van der Waals surface area contributed by atoms with Crippen LogP contribution in [0.4, 0.5) is 8.92 Å². The normalized spacial score (nSPS) is 10.2. The lowest BCUT2D eigenvalue weighted by molar-refractivity contribution is -0.133. The summed E-state index contributed by atoms with van der Waals surface area (Å²) in [5.41, 5.74) is 0. The Morgan fingerprint density at radius 2 is 1.70 bits per heavy atom. The monoisotopic (exact) mass is 154 g/mol. The van der Waals surface area contributed by atoms with Gasteiger partial charge in [0.15, 0.2) is 6.86 Å². The summed E-state index contributed by atoms with van der Waals surface area (Å²) in [5, 5.41) is 0. The fourth-order valence-corrected chi connectivity index (χ4v) is 0.592. The van der Waals surface area contributed by atoms with Crippen LogP contribution >= 0.6 is 0 Å². The Hall–Kier alpha value is -0.220. The van der Waals surface area contributed by atoms with Crippen LogP contribution in [0.3, 0.4) is 0 Å². The number of halogens is 2. The minimum absolute atomic E-state index is 0.121. The van der Waals surface area contributed by atoms with Crippen LogP contribution in [0.5, 0.6) is 0 Å². The van der Waals surface area contributed by atoms with E-state index in [1.54, 1.807) is 0 Å². The molecule has 0 unspecified atom stereocenters. The summed E-state index contributed by atoms with van der Waals surface area (Å²) in [6.07, 6.45) is 2.23. The molecular formula is C6H12F2O2. The Balaban J connectivity index is 2.65. The number of hydrogen-bond acceptors (Lipinski definition) is 2. The van der Waals surface area contributed by atoms with Crippen molar-refractivity contribution >= 4 is 0 Å². The Morgan fingerprint density at radius 3 is 2.30 bits per heavy atom. The first-order chi connectivity index (χ1) is 4.91. The van der Waals surface area contributed by atoms with Crippen molar-refractivity contribution < 1.29 is 18.6 Å². The molecule has 0 fully saturated rings. The van der Waals surface area contributed by atoms with Gasteiger partial charge in [0.2, 0.25) is 0 Å². The Labute approximate surface area is 59.0 Å². The van der Waals surface area contributed by atoms with Crippen molar-refractivity contribution in [3.8, 4) is 0 Å². The number of rotatable bonds is 7. The van der Waals surface area contributed by atoms with Crippen LogP contribution in [-0.4, -0.2) is 20.1 Å². The highest BCUT2D eigenvalue weighted by atomic mass is 19.3. The van der Waals surface area contributed by atoms with Gasteiger partial charge in [-0.3, -0.25) is 0 Å². The SMILES string of the molecule is FCOCCCCCOF. The molecule has 0 heterocycles. The Bertz CT molecular complexity index is 53.7. The molecule has 10 heavy (non-hydrogen) atoms. The van der Waals surface area contributed by atoms with Crippen molar-refractivity contribution in [3.63, 3.8) is 0 Å². The van der Waals surface area contributed by atoms with E-state index in [1.807, 2.05) is 0 Å². The molecule has 0 aliphatic heterocycles. The van der Waals surface area contributed by atoms with E-state index in [4.69, 9.17) is 0 Å². The molecule has 0 radical (unpaired) electrons. The van der Waals surface area contributed by atoms with Gasteiger partial charge in [-0.1, -0.05) is 0 Å². The van der Waals surface area contributed by atoms with Gasteiger partial charge >= 0.3 is 0 Å². The van der Waals surface area contributed by atoms with Crippen molar-refractivity contribution in [1.29, 1.82) is 0 Å². The zero-order chi connectivity index (χ0) is 7.66. The third kappa shape index (κ3) is 7.78. The summed E-state index contributed by atoms with van der Waals surface area (Å²) in [7, 11) is 0. The van der Waals surface area contributed by atoms with Gasteiger partial charge < -0.3 is 4.74 Å². The van der Waals surface area contributed by atoms with Crippen LogP contribution in [0.15, 0.2) is 0 Å². The first kappa shape index (κ1) is 9.78. The molecule has 4 heteroatoms. The number of hydrogen-bond donors (Lipinski definition) is 0. The summed E-state index contributed by atoms with van der Waals surface area (Å²) in [5.74, 6) is 0. The van der Waals surface area contributed by atoms with Gasteiger partial charge in [-0.25, -0.2) is 4.39 Å². The maximum absolute atomic E-state index is 11.3. The van der Waals surface area contributed by atoms with E-state index in [9.17, 15) is 8.92 Å². The second-order valence-electron chi connectivity index (χ2n) is 1.89. The molecule has 0 saturated carbocycles. The van der Waals surface area contributed by atoms with E-state index in [-0.39, 0.29) is 6.61 Å². The van der Waals surface area contributed by atoms with Gasteiger partial charge in [0.1, 0.15) is 0 Å². The molecule has 0 aromatic rings. The van der Waals surface area contributed by atoms with E-state index in [0.717, 1.165) is 12.8 Å². The van der Waals surface area contributed by atoms with Crippen molar-refractivity contribution in [2.24, 2.45) is 0 Å². The summed E-state index contributed by atoms with van der Waals surface area (Å²) < 4.78 is 26.7. The number of alkyl halides is 1. The highest BCUT2D eigenvalue weighted by Gasteiger charge is 1.89. The van der Waals surface area contributed by atoms with Crippen LogP contribution in [0.2, 0.25) is 0 Å². The quantitative estimate of drug-likeness (QED) is 0.522. The third-order valence-corrected chi connectivity index (χ3v) is 1.09. The van der Waals surface area contributed by atoms with Crippen LogP contribution in [-0.2, 0) is 9.68 Å². The Morgan fingerprint density at radius 1 is 1.00 bits per heavy atom. The number of ether oxygens (including phenoxy) is 1. The molecule has 0 amide bonds. The summed E-state index contributed by atoms with van der Waals surface area (Å²) >= 11 is 0. The number of unbranched alkanes of at least 4 members (excludes halogenated alkanes) is 2. The molecule has 0 saturated heterocycles. The minimum Gasteiger partial charge on any atom is -0.350 e. The first-order valence-corrected chi connectivity index (χ1v) is 3.29. The van der Waals surface area contributed by atoms with Crippen LogP contribution in [0.1, 0.15) is 19.3 Å². The molecule has 0 spiro atoms. The summed E-state index contributed by atoms with van der Waals surface area (Å²) in [4.78, 5) is 3.33. The van der Waals surface area contributed by atoms with Crippen molar-refractivity contribution in [2.45, 2.75) is 19.3 Å². The zero-order valence-electron chi connectivity index (χ0n) is 5.82. The van der Waals surface area contributed by atoms with Gasteiger partial charge in [0.25, 0.3) is 0 Å². The standard InChI is InChI=1S/C6H12F2O2/c7-6-9-4-2-1-3-5-10-8/h1-6H2. The molecule has 0 atom stereocenters. The predicted molar refractivity (Wildman–Crippen MR) is 32.8 cm³/mol. The molecule has 0 aromatic carbocycles. The van der Waals surface area contributed by atoms with Gasteiger partial charge in [-0.15, -0.1) is 0 Å². The van der Waals surface area contributed by atoms with Crippen molar-refractivity contribution in [2.75, 3.05) is 20.1 Å². The fraction of sp³-hybridized carbons (Fsp3) is 1.00. The summed E-state index contributed by atoms with van der Waals surface area (Å²) in [6.45, 7) is -0.210. The maximum Gasteiger partial charge on any atom is 0.188 e. The van der Waals surface area contributed by atoms with Gasteiger partial charge in [-0.05, 0) is 23.8 Å². The van der Waals surface area contributed by atoms with Gasteiger partial charge in [-0.2, -0.15) is 4.94 Å². The van der Waals surface area contributed by atoms with Crippen molar-refractivity contribution in [1.82, 2.24) is 0 Å². The van der Waals surface area contributed by atoms with E-state index >= 15 is 0 Å². The molecule has 62 valence electrons. The Kier molecular flexibility index (Phi) is 8.59. The van der Waals surface area contributed by atoms with Gasteiger partial charge in [0, 0.05) is 6.61 Å². The van der Waals surface area contributed by atoms with E-state index in [0.29, 0.717) is 13.0 Å². The lowest BCUT2D eigenvalue weighted by atomic mass is 10.2. The van der Waals surface area contributed by atoms with Crippen molar-refractivity contribution in [3.05, 3.63) is 0 Å². The molecule has 0 N–H and O–H groups in total. The zero-order valence-corrected chi connectivity index (χ0v) is 5.82. The summed E-state index contributed by atoms with van der Waals surface area (Å²) in [6, 6.07) is 0. The van der Waals surface area contributed by atoms with E-state index in [1.165, 1.54) is 0 Å². The second kappa shape index (κ2) is 8.78. The highest BCUT2D eigenvalue weighted by Crippen LogP contribution is 1.96. The second-order valence-corrected chi connectivity index (χ2v) is 1.89. The smallest absolute Gasteiger partial charge is 0.188 e. The molecule has 0 aliphatic carbocycles. The maximum atomic E-state index is 11.3. The molecule has 0 bridgehead atoms. The van der Waals surface area contributed by atoms with Gasteiger partial charge in [0.05, 0.1) is 6.61 Å². The largest absolute Gasteiger partial charge is 0.350 e. The van der Waals surface area contributed by atoms with Crippen LogP contribution < -0.4 is 0 Å². The van der Waals surface area contributed by atoms with E-state index < -0.39 is 6.86 Å². The van der Waals surface area contributed by atoms with E-state index in [2.05, 4.69) is 9.68 Å². The molecule has 2 nitrogen and oxygen atoms in total. The predicted octanol–water partition coefficient (Wildman–Crippen LogP) is 2.00. The van der Waals surface area contributed by atoms with Crippen LogP contribution in [0, 0.1) is 0 Å². The average molecular weight is 154 g/mol. The molecular weight excluding hydrogens is 142 g/mol. The lowest BCUT2D eigenvalue weighted by Crippen LogP contribution is -1.93. The molecule has 0 aromatic heterocycles. The highest BCUT2D eigenvalue weighted by molar-refractivity contribution is 4.38. The first-order valence-electron chi connectivity index (χ1n) is 3.29. The topological polar surface area (TPSA) is 18.5 Å². The third-order valence-electron chi connectivity index (χ3n) is 1.09. The molecule has 0 aliphatic rings.